The van der Waals surface area contributed by atoms with Crippen LogP contribution in [0.5, 0.6) is 0 Å². The van der Waals surface area contributed by atoms with Crippen LogP contribution >= 0.6 is 16.3 Å². The Morgan fingerprint density at radius 3 is 2.25 bits per heavy atom. The lowest BCUT2D eigenvalue weighted by atomic mass is 11.7. The van der Waals surface area contributed by atoms with E-state index in [9.17, 15) is 13.2 Å². The van der Waals surface area contributed by atoms with Gasteiger partial charge >= 0.3 is 10.3 Å². The third-order valence-corrected chi connectivity index (χ3v) is 1.69. The summed E-state index contributed by atoms with van der Waals surface area (Å²) in [6, 6.07) is 0. The smallest absolute Gasteiger partial charge is 0.210 e. The molecule has 0 aromatic carbocycles. The van der Waals surface area contributed by atoms with Gasteiger partial charge in [-0.25, -0.2) is 4.79 Å². The molecule has 0 saturated carbocycles. The summed E-state index contributed by atoms with van der Waals surface area (Å²) in [5.41, 5.74) is 0. The number of isocyanates is 1. The number of hydrogen-bond acceptors (Lipinski definition) is 4. The maximum atomic E-state index is 9.90. The van der Waals surface area contributed by atoms with Crippen molar-refractivity contribution in [2.75, 3.05) is 0 Å². The molecule has 0 aromatic heterocycles. The van der Waals surface area contributed by atoms with E-state index in [-0.39, 0.29) is 0 Å². The van der Waals surface area contributed by atoms with Crippen LogP contribution in [0.15, 0.2) is 4.40 Å². The Labute approximate surface area is 54.1 Å². The fourth-order valence-electron chi connectivity index (χ4n) is 0.0597. The zero-order valence-electron chi connectivity index (χ0n) is 3.37. The van der Waals surface area contributed by atoms with Crippen LogP contribution in [0.4, 0.5) is 0 Å². The van der Waals surface area contributed by atoms with Crippen molar-refractivity contribution in [3.8, 4) is 0 Å². The van der Waals surface area contributed by atoms with E-state index >= 15 is 0 Å². The molecule has 0 unspecified atom stereocenters. The minimum Gasteiger partial charge on any atom is -0.210 e. The summed E-state index contributed by atoms with van der Waals surface area (Å²) in [4.78, 5) is 9.21. The molecule has 0 aromatic rings. The van der Waals surface area contributed by atoms with Gasteiger partial charge in [0.1, 0.15) is 16.3 Å². The molecule has 0 aliphatic rings. The lowest BCUT2D eigenvalue weighted by molar-refractivity contribution is 0.526. The Bertz CT molecular complexity index is 200. The quantitative estimate of drug-likeness (QED) is 0.462. The third kappa shape index (κ3) is 2.86. The van der Waals surface area contributed by atoms with Gasteiger partial charge in [0.15, 0.2) is 0 Å². The van der Waals surface area contributed by atoms with Gasteiger partial charge in [-0.1, -0.05) is 4.40 Å². The van der Waals surface area contributed by atoms with Crippen LogP contribution in [0.3, 0.4) is 0 Å². The number of nitrogens with zero attached hydrogens (tertiary/aromatic N) is 1. The zero-order valence-corrected chi connectivity index (χ0v) is 5.77. The average Bonchev–Trinajstić information content (AvgIpc) is 1.67. The van der Waals surface area contributed by atoms with Gasteiger partial charge in [0.25, 0.3) is 6.08 Å². The van der Waals surface area contributed by atoms with Gasteiger partial charge in [-0.2, -0.15) is 11.7 Å². The molecule has 5 nitrogen and oxygen atoms in total. The van der Waals surface area contributed by atoms with Crippen LogP contribution in [0, 0.1) is 0 Å². The molecule has 46 valence electrons. The molecule has 0 fully saturated rings. The van der Waals surface area contributed by atoms with Crippen LogP contribution in [0.1, 0.15) is 0 Å². The fraction of sp³-hybridized carbons (Fsp3) is 0. The summed E-state index contributed by atoms with van der Waals surface area (Å²) < 4.78 is 25.6. The lowest BCUT2D eigenvalue weighted by Crippen LogP contribution is -1.90. The predicted octanol–water partition coefficient (Wildman–Crippen LogP) is -0.106. The first-order chi connectivity index (χ1) is 3.62. The molecule has 0 rings (SSSR count). The number of carbonyl (C=O) groups excluding carboxylic acids is 1. The Morgan fingerprint density at radius 1 is 1.62 bits per heavy atom. The highest BCUT2D eigenvalue weighted by Gasteiger charge is 2.03. The monoisotopic (exact) mass is 201 g/mol. The van der Waals surface area contributed by atoms with Crippen molar-refractivity contribution in [3.63, 3.8) is 0 Å². The molecule has 0 spiro atoms. The van der Waals surface area contributed by atoms with Crippen molar-refractivity contribution >= 4 is 32.6 Å². The molecule has 0 saturated heterocycles. The summed E-state index contributed by atoms with van der Waals surface area (Å²) in [6.07, 6.45) is 0.791. The molecule has 0 amide bonds. The van der Waals surface area contributed by atoms with Crippen LogP contribution in [0.2, 0.25) is 0 Å². The molecule has 0 radical (unpaired) electrons. The van der Waals surface area contributed by atoms with E-state index in [1.54, 1.807) is 0 Å². The molecular formula is CBrNO4S. The average molecular weight is 202 g/mol. The highest BCUT2D eigenvalue weighted by atomic mass is 79.9. The number of hydrogen-bond donors (Lipinski definition) is 0. The third-order valence-electron chi connectivity index (χ3n) is 0.229. The van der Waals surface area contributed by atoms with Crippen molar-refractivity contribution in [1.82, 2.24) is 0 Å². The van der Waals surface area contributed by atoms with E-state index in [0.29, 0.717) is 0 Å². The summed E-state index contributed by atoms with van der Waals surface area (Å²) in [7, 11) is -4.05. The van der Waals surface area contributed by atoms with Gasteiger partial charge in [0.2, 0.25) is 0 Å². The lowest BCUT2D eigenvalue weighted by Gasteiger charge is -1.80. The maximum Gasteiger partial charge on any atom is 0.402 e. The largest absolute Gasteiger partial charge is 0.402 e. The molecule has 0 atom stereocenters. The second-order valence-corrected chi connectivity index (χ2v) is 2.63. The summed E-state index contributed by atoms with van der Waals surface area (Å²) >= 11 is 2.11. The van der Waals surface area contributed by atoms with Crippen LogP contribution in [-0.2, 0) is 18.4 Å². The van der Waals surface area contributed by atoms with Crippen molar-refractivity contribution in [1.29, 1.82) is 0 Å². The van der Waals surface area contributed by atoms with E-state index in [4.69, 9.17) is 0 Å². The summed E-state index contributed by atoms with van der Waals surface area (Å²) in [6.45, 7) is 0. The highest BCUT2D eigenvalue weighted by Crippen LogP contribution is 1.97. The van der Waals surface area contributed by atoms with E-state index in [1.807, 2.05) is 0 Å². The first kappa shape index (κ1) is 7.77. The van der Waals surface area contributed by atoms with Crippen molar-refractivity contribution in [2.24, 2.45) is 4.40 Å². The normalized spacial score (nSPS) is 10.1. The molecule has 0 N–H and O–H groups in total. The Balaban J connectivity index is 4.41. The second kappa shape index (κ2) is 2.93. The molecule has 0 bridgehead atoms. The van der Waals surface area contributed by atoms with Crippen molar-refractivity contribution in [2.45, 2.75) is 0 Å². The highest BCUT2D eigenvalue weighted by molar-refractivity contribution is 9.06. The summed E-state index contributed by atoms with van der Waals surface area (Å²) in [5.74, 6) is 0. The van der Waals surface area contributed by atoms with Gasteiger partial charge in [-0.3, -0.25) is 0 Å². The first-order valence-electron chi connectivity index (χ1n) is 1.26. The van der Waals surface area contributed by atoms with Crippen molar-refractivity contribution in [3.05, 3.63) is 0 Å². The fourth-order valence-corrected chi connectivity index (χ4v) is 0.357. The topological polar surface area (TPSA) is 72.8 Å². The Hall–Kier alpha value is -0.230. The van der Waals surface area contributed by atoms with Gasteiger partial charge in [-0.15, -0.1) is 0 Å². The summed E-state index contributed by atoms with van der Waals surface area (Å²) in [5, 5.41) is 0. The Kier molecular flexibility index (Phi) is 2.85. The van der Waals surface area contributed by atoms with Gasteiger partial charge in [0.05, 0.1) is 0 Å². The molecule has 8 heavy (non-hydrogen) atoms. The Morgan fingerprint density at radius 2 is 2.12 bits per heavy atom. The van der Waals surface area contributed by atoms with E-state index in [0.717, 1.165) is 6.08 Å². The molecule has 7 heteroatoms. The predicted molar refractivity (Wildman–Crippen MR) is 27.1 cm³/mol. The van der Waals surface area contributed by atoms with Gasteiger partial charge in [0, 0.05) is 0 Å². The van der Waals surface area contributed by atoms with E-state index in [1.165, 1.54) is 0 Å². The molecule has 0 aliphatic carbocycles. The minimum absolute atomic E-state index is 0.791. The van der Waals surface area contributed by atoms with Crippen molar-refractivity contribution < 1.29 is 16.5 Å². The van der Waals surface area contributed by atoms with E-state index in [2.05, 4.69) is 23.9 Å². The van der Waals surface area contributed by atoms with Gasteiger partial charge < -0.3 is 0 Å². The second-order valence-electron chi connectivity index (χ2n) is 0.673. The SMILES string of the molecule is O=C=NS(=O)(=O)OBr. The minimum atomic E-state index is -4.05. The van der Waals surface area contributed by atoms with Crippen LogP contribution < -0.4 is 0 Å². The zero-order chi connectivity index (χ0) is 6.62. The first-order valence-corrected chi connectivity index (χ1v) is 3.28. The number of halogens is 1. The molecular weight excluding hydrogens is 202 g/mol. The molecule has 0 aliphatic heterocycles. The standard InChI is InChI=1S/CBrNO4S/c2-7-8(5,6)3-1-4. The van der Waals surface area contributed by atoms with Crippen LogP contribution in [-0.4, -0.2) is 14.5 Å². The van der Waals surface area contributed by atoms with E-state index < -0.39 is 10.3 Å². The molecule has 0 heterocycles. The maximum absolute atomic E-state index is 9.90. The van der Waals surface area contributed by atoms with Crippen LogP contribution in [0.25, 0.3) is 0 Å². The van der Waals surface area contributed by atoms with Gasteiger partial charge in [-0.05, 0) is 0 Å². The number of rotatable bonds is 2.